The second-order valence-electron chi connectivity index (χ2n) is 5.85. The number of hydrogen-bond donors (Lipinski definition) is 1. The van der Waals surface area contributed by atoms with E-state index in [9.17, 15) is 9.59 Å². The number of nitrogens with one attached hydrogen (secondary N) is 1. The van der Waals surface area contributed by atoms with Gasteiger partial charge in [0.25, 0.3) is 5.91 Å². The van der Waals surface area contributed by atoms with Crippen molar-refractivity contribution < 1.29 is 14.3 Å². The first-order valence-corrected chi connectivity index (χ1v) is 8.59. The molecule has 0 aliphatic carbocycles. The number of carbonyl (C=O) groups is 2. The van der Waals surface area contributed by atoms with Crippen LogP contribution in [0.5, 0.6) is 0 Å². The van der Waals surface area contributed by atoms with E-state index in [1.807, 2.05) is 38.1 Å². The van der Waals surface area contributed by atoms with Crippen LogP contribution in [0.25, 0.3) is 10.2 Å². The number of nitrogens with zero attached hydrogens (tertiary/aromatic N) is 1. The predicted molar refractivity (Wildman–Crippen MR) is 91.3 cm³/mol. The molecular weight excluding hydrogens is 312 g/mol. The van der Waals surface area contributed by atoms with Gasteiger partial charge in [0, 0.05) is 13.0 Å². The van der Waals surface area contributed by atoms with Gasteiger partial charge in [0.05, 0.1) is 21.6 Å². The Labute approximate surface area is 140 Å². The highest BCUT2D eigenvalue weighted by molar-refractivity contribution is 7.18. The number of benzene rings is 1. The summed E-state index contributed by atoms with van der Waals surface area (Å²) in [6.07, 6.45) is -0.0169. The van der Waals surface area contributed by atoms with Gasteiger partial charge in [-0.25, -0.2) is 4.98 Å². The van der Waals surface area contributed by atoms with Crippen molar-refractivity contribution in [2.75, 3.05) is 6.54 Å². The molecule has 0 spiro atoms. The molecule has 124 valence electrons. The third-order valence-corrected chi connectivity index (χ3v) is 4.34. The lowest BCUT2D eigenvalue weighted by atomic mass is 10.2. The Hall–Kier alpha value is -1.95. The third-order valence-electron chi connectivity index (χ3n) is 3.24. The first-order chi connectivity index (χ1) is 11.0. The summed E-state index contributed by atoms with van der Waals surface area (Å²) in [7, 11) is 0. The fourth-order valence-electron chi connectivity index (χ4n) is 1.99. The highest BCUT2D eigenvalue weighted by atomic mass is 32.1. The molecule has 1 aromatic heterocycles. The molecule has 0 saturated carbocycles. The molecule has 0 bridgehead atoms. The lowest BCUT2D eigenvalue weighted by molar-refractivity contribution is -0.154. The summed E-state index contributed by atoms with van der Waals surface area (Å²) in [6, 6.07) is 7.87. The van der Waals surface area contributed by atoms with Crippen molar-refractivity contribution in [2.45, 2.75) is 39.7 Å². The van der Waals surface area contributed by atoms with Crippen LogP contribution >= 0.6 is 11.3 Å². The number of aryl methyl sites for hydroxylation is 1. The maximum Gasteiger partial charge on any atom is 0.306 e. The van der Waals surface area contributed by atoms with E-state index in [2.05, 4.69) is 10.3 Å². The van der Waals surface area contributed by atoms with Crippen LogP contribution in [-0.4, -0.2) is 29.5 Å². The number of amides is 1. The Morgan fingerprint density at radius 3 is 2.70 bits per heavy atom. The Morgan fingerprint density at radius 1 is 1.26 bits per heavy atom. The molecule has 23 heavy (non-hydrogen) atoms. The number of ether oxygens (including phenoxy) is 1. The molecule has 1 unspecified atom stereocenters. The molecule has 2 rings (SSSR count). The largest absolute Gasteiger partial charge is 0.453 e. The molecule has 5 nitrogen and oxygen atoms in total. The SMILES string of the molecule is CC(C)CNC(=O)C(C)OC(=O)CCc1nc2ccccc2s1. The first kappa shape index (κ1) is 17.4. The van der Waals surface area contributed by atoms with Crippen LogP contribution in [0, 0.1) is 5.92 Å². The molecule has 6 heteroatoms. The lowest BCUT2D eigenvalue weighted by Crippen LogP contribution is -2.37. The van der Waals surface area contributed by atoms with Crippen molar-refractivity contribution in [2.24, 2.45) is 5.92 Å². The normalized spacial score (nSPS) is 12.3. The van der Waals surface area contributed by atoms with Gasteiger partial charge in [-0.2, -0.15) is 0 Å². The van der Waals surface area contributed by atoms with Crippen molar-refractivity contribution in [3.05, 3.63) is 29.3 Å². The van der Waals surface area contributed by atoms with E-state index in [1.165, 1.54) is 0 Å². The molecule has 0 fully saturated rings. The highest BCUT2D eigenvalue weighted by Gasteiger charge is 2.18. The first-order valence-electron chi connectivity index (χ1n) is 7.77. The number of rotatable bonds is 7. The number of aromatic nitrogens is 1. The molecule has 1 amide bonds. The maximum absolute atomic E-state index is 11.9. The molecule has 0 aliphatic heterocycles. The van der Waals surface area contributed by atoms with Gasteiger partial charge in [-0.3, -0.25) is 9.59 Å². The van der Waals surface area contributed by atoms with Crippen molar-refractivity contribution in [1.29, 1.82) is 0 Å². The number of esters is 1. The van der Waals surface area contributed by atoms with E-state index in [0.29, 0.717) is 18.9 Å². The van der Waals surface area contributed by atoms with Crippen LogP contribution in [0.4, 0.5) is 0 Å². The van der Waals surface area contributed by atoms with E-state index in [1.54, 1.807) is 18.3 Å². The molecule has 0 aliphatic rings. The zero-order valence-electron chi connectivity index (χ0n) is 13.7. The summed E-state index contributed by atoms with van der Waals surface area (Å²) in [5.41, 5.74) is 0.947. The Morgan fingerprint density at radius 2 is 2.00 bits per heavy atom. The quantitative estimate of drug-likeness (QED) is 0.791. The standard InChI is InChI=1S/C17H22N2O3S/c1-11(2)10-18-17(21)12(3)22-16(20)9-8-15-19-13-6-4-5-7-14(13)23-15/h4-7,11-12H,8-10H2,1-3H3,(H,18,21). The monoisotopic (exact) mass is 334 g/mol. The van der Waals surface area contributed by atoms with Gasteiger partial charge in [0.2, 0.25) is 0 Å². The van der Waals surface area contributed by atoms with Crippen LogP contribution in [0.2, 0.25) is 0 Å². The van der Waals surface area contributed by atoms with Crippen LogP contribution in [0.3, 0.4) is 0 Å². The Balaban J connectivity index is 1.79. The summed E-state index contributed by atoms with van der Waals surface area (Å²) in [6.45, 7) is 6.18. The summed E-state index contributed by atoms with van der Waals surface area (Å²) in [5, 5.41) is 3.66. The molecular formula is C17H22N2O3S. The summed E-state index contributed by atoms with van der Waals surface area (Å²) in [4.78, 5) is 28.1. The van der Waals surface area contributed by atoms with Gasteiger partial charge in [-0.05, 0) is 25.0 Å². The van der Waals surface area contributed by atoms with Crippen molar-refractivity contribution in [3.63, 3.8) is 0 Å². The van der Waals surface area contributed by atoms with Crippen LogP contribution < -0.4 is 5.32 Å². The molecule has 1 atom stereocenters. The van der Waals surface area contributed by atoms with E-state index >= 15 is 0 Å². The number of thiazole rings is 1. The van der Waals surface area contributed by atoms with Gasteiger partial charge >= 0.3 is 5.97 Å². The number of para-hydroxylation sites is 1. The van der Waals surface area contributed by atoms with Crippen molar-refractivity contribution in [1.82, 2.24) is 10.3 Å². The van der Waals surface area contributed by atoms with E-state index in [-0.39, 0.29) is 18.3 Å². The Bertz CT molecular complexity index is 648. The topological polar surface area (TPSA) is 68.3 Å². The van der Waals surface area contributed by atoms with Gasteiger partial charge in [-0.1, -0.05) is 26.0 Å². The second kappa shape index (κ2) is 8.06. The molecule has 0 saturated heterocycles. The summed E-state index contributed by atoms with van der Waals surface area (Å²) in [5.74, 6) is -0.274. The Kier molecular flexibility index (Phi) is 6.10. The molecule has 0 radical (unpaired) electrons. The van der Waals surface area contributed by atoms with Crippen molar-refractivity contribution in [3.8, 4) is 0 Å². The van der Waals surface area contributed by atoms with Crippen molar-refractivity contribution >= 4 is 33.4 Å². The maximum atomic E-state index is 11.9. The lowest BCUT2D eigenvalue weighted by Gasteiger charge is -2.14. The van der Waals surface area contributed by atoms with Gasteiger partial charge in [-0.15, -0.1) is 11.3 Å². The van der Waals surface area contributed by atoms with Crippen LogP contribution in [0.1, 0.15) is 32.2 Å². The number of carbonyl (C=O) groups excluding carboxylic acids is 2. The average Bonchev–Trinajstić information content (AvgIpc) is 2.93. The molecule has 1 aromatic carbocycles. The van der Waals surface area contributed by atoms with Gasteiger partial charge in [0.1, 0.15) is 0 Å². The summed E-state index contributed by atoms with van der Waals surface area (Å²) >= 11 is 1.58. The second-order valence-corrected chi connectivity index (χ2v) is 6.96. The zero-order chi connectivity index (χ0) is 16.8. The smallest absolute Gasteiger partial charge is 0.306 e. The molecule has 1 N–H and O–H groups in total. The minimum Gasteiger partial charge on any atom is -0.453 e. The van der Waals surface area contributed by atoms with E-state index in [0.717, 1.165) is 15.2 Å². The fourth-order valence-corrected chi connectivity index (χ4v) is 2.96. The zero-order valence-corrected chi connectivity index (χ0v) is 14.5. The van der Waals surface area contributed by atoms with E-state index < -0.39 is 6.10 Å². The third kappa shape index (κ3) is 5.32. The molecule has 1 heterocycles. The fraction of sp³-hybridized carbons (Fsp3) is 0.471. The predicted octanol–water partition coefficient (Wildman–Crippen LogP) is 2.93. The van der Waals surface area contributed by atoms with Crippen LogP contribution in [0.15, 0.2) is 24.3 Å². The average molecular weight is 334 g/mol. The minimum atomic E-state index is -0.767. The highest BCUT2D eigenvalue weighted by Crippen LogP contribution is 2.22. The van der Waals surface area contributed by atoms with Gasteiger partial charge < -0.3 is 10.1 Å². The number of fused-ring (bicyclic) bond motifs is 1. The van der Waals surface area contributed by atoms with Gasteiger partial charge in [0.15, 0.2) is 6.10 Å². The van der Waals surface area contributed by atoms with E-state index in [4.69, 9.17) is 4.74 Å². The van der Waals surface area contributed by atoms with Crippen LogP contribution in [-0.2, 0) is 20.7 Å². The minimum absolute atomic E-state index is 0.224. The number of hydrogen-bond acceptors (Lipinski definition) is 5. The molecule has 2 aromatic rings. The summed E-state index contributed by atoms with van der Waals surface area (Å²) < 4.78 is 6.27.